The smallest absolute Gasteiger partial charge is 0.306 e. The van der Waals surface area contributed by atoms with E-state index < -0.39 is 13.9 Å². The molecular formula is C42H82NO7P. The van der Waals surface area contributed by atoms with E-state index in [1.165, 1.54) is 122 Å². The van der Waals surface area contributed by atoms with Crippen molar-refractivity contribution < 1.29 is 37.3 Å². The Kier molecular flexibility index (Phi) is 35.0. The van der Waals surface area contributed by atoms with Gasteiger partial charge >= 0.3 is 5.97 Å². The zero-order valence-corrected chi connectivity index (χ0v) is 35.0. The number of hydrogen-bond acceptors (Lipinski definition) is 7. The molecule has 8 nitrogen and oxygen atoms in total. The van der Waals surface area contributed by atoms with Gasteiger partial charge in [0.15, 0.2) is 6.10 Å². The molecule has 0 aromatic rings. The van der Waals surface area contributed by atoms with Crippen LogP contribution in [0.15, 0.2) is 24.5 Å². The fourth-order valence-electron chi connectivity index (χ4n) is 5.74. The largest absolute Gasteiger partial charge is 0.756 e. The number of phosphoric ester groups is 1. The van der Waals surface area contributed by atoms with Gasteiger partial charge in [0.25, 0.3) is 7.82 Å². The number of rotatable bonds is 39. The SMILES string of the molecule is CCCCCCCC/C=C/CCCCCCCC(=O)O[C@H](CO/C=C/CCCCCCCCCCCCCC)COP(=O)([O-])OCC[N+](C)(C)C. The zero-order valence-electron chi connectivity index (χ0n) is 34.1. The van der Waals surface area contributed by atoms with Crippen molar-refractivity contribution in [2.24, 2.45) is 0 Å². The molecule has 9 heteroatoms. The van der Waals surface area contributed by atoms with Crippen molar-refractivity contribution in [3.8, 4) is 0 Å². The molecule has 302 valence electrons. The quantitative estimate of drug-likeness (QED) is 0.0154. The van der Waals surface area contributed by atoms with Crippen LogP contribution in [0, 0.1) is 0 Å². The van der Waals surface area contributed by atoms with Crippen LogP contribution in [0.2, 0.25) is 0 Å². The van der Waals surface area contributed by atoms with E-state index in [0.717, 1.165) is 44.9 Å². The third kappa shape index (κ3) is 39.9. The fraction of sp³-hybridized carbons (Fsp3) is 0.881. The van der Waals surface area contributed by atoms with E-state index in [-0.39, 0.29) is 25.8 Å². The maximum Gasteiger partial charge on any atom is 0.306 e. The van der Waals surface area contributed by atoms with Gasteiger partial charge in [-0.05, 0) is 51.0 Å². The number of nitrogens with zero attached hydrogens (tertiary/aromatic N) is 1. The van der Waals surface area contributed by atoms with Gasteiger partial charge in [0.05, 0.1) is 34.0 Å². The Morgan fingerprint density at radius 1 is 0.608 bits per heavy atom. The van der Waals surface area contributed by atoms with E-state index in [2.05, 4.69) is 26.0 Å². The number of carbonyl (C=O) groups excluding carboxylic acids is 1. The summed E-state index contributed by atoms with van der Waals surface area (Å²) in [7, 11) is 1.32. The van der Waals surface area contributed by atoms with E-state index in [0.29, 0.717) is 17.4 Å². The van der Waals surface area contributed by atoms with Gasteiger partial charge in [0, 0.05) is 6.42 Å². The summed E-state index contributed by atoms with van der Waals surface area (Å²) in [5, 5.41) is 0. The number of quaternary nitrogens is 1. The molecule has 0 aliphatic carbocycles. The minimum Gasteiger partial charge on any atom is -0.756 e. The molecule has 0 amide bonds. The Hall–Kier alpha value is -1.18. The van der Waals surface area contributed by atoms with Crippen LogP contribution >= 0.6 is 7.82 Å². The normalized spacial score (nSPS) is 14.0. The second-order valence-electron chi connectivity index (χ2n) is 15.4. The van der Waals surface area contributed by atoms with Crippen molar-refractivity contribution in [3.63, 3.8) is 0 Å². The standard InChI is InChI=1S/C42H82NO7P/c1-6-8-10-12-14-16-18-20-22-23-25-27-29-31-33-35-42(44)50-41(40-49-51(45,46)48-38-36-43(3,4)5)39-47-37-34-32-30-28-26-24-21-19-17-15-13-11-9-7-2/h20,22,34,37,41H,6-19,21,23-33,35-36,38-40H2,1-5H3/b22-20+,37-34+/t41-/m1/s1. The van der Waals surface area contributed by atoms with Crippen molar-refractivity contribution in [1.82, 2.24) is 0 Å². The van der Waals surface area contributed by atoms with Gasteiger partial charge in [-0.15, -0.1) is 0 Å². The number of phosphoric acid groups is 1. The Morgan fingerprint density at radius 3 is 1.51 bits per heavy atom. The van der Waals surface area contributed by atoms with Crippen molar-refractivity contribution in [2.75, 3.05) is 47.5 Å². The van der Waals surface area contributed by atoms with Gasteiger partial charge in [-0.25, -0.2) is 0 Å². The summed E-state index contributed by atoms with van der Waals surface area (Å²) in [6, 6.07) is 0. The van der Waals surface area contributed by atoms with E-state index in [9.17, 15) is 14.3 Å². The molecule has 0 aromatic heterocycles. The van der Waals surface area contributed by atoms with E-state index in [1.807, 2.05) is 27.2 Å². The van der Waals surface area contributed by atoms with Crippen LogP contribution in [0.4, 0.5) is 0 Å². The van der Waals surface area contributed by atoms with Gasteiger partial charge < -0.3 is 27.9 Å². The summed E-state index contributed by atoms with van der Waals surface area (Å²) in [4.78, 5) is 25.0. The minimum atomic E-state index is -4.54. The van der Waals surface area contributed by atoms with Gasteiger partial charge in [-0.3, -0.25) is 9.36 Å². The Morgan fingerprint density at radius 2 is 1.04 bits per heavy atom. The lowest BCUT2D eigenvalue weighted by Gasteiger charge is -2.28. The highest BCUT2D eigenvalue weighted by Crippen LogP contribution is 2.38. The number of allylic oxidation sites excluding steroid dienone is 3. The summed E-state index contributed by atoms with van der Waals surface area (Å²) in [6.45, 7) is 4.73. The lowest BCUT2D eigenvalue weighted by Crippen LogP contribution is -2.37. The predicted molar refractivity (Wildman–Crippen MR) is 213 cm³/mol. The van der Waals surface area contributed by atoms with Crippen LogP contribution in [0.1, 0.15) is 187 Å². The minimum absolute atomic E-state index is 0.0164. The van der Waals surface area contributed by atoms with Crippen LogP contribution in [0.5, 0.6) is 0 Å². The van der Waals surface area contributed by atoms with Crippen LogP contribution in [0.3, 0.4) is 0 Å². The molecule has 0 aliphatic heterocycles. The fourth-order valence-corrected chi connectivity index (χ4v) is 6.47. The van der Waals surface area contributed by atoms with Crippen LogP contribution in [-0.4, -0.2) is 64.1 Å². The first-order chi connectivity index (χ1) is 24.6. The highest BCUT2D eigenvalue weighted by atomic mass is 31.2. The van der Waals surface area contributed by atoms with Crippen molar-refractivity contribution in [1.29, 1.82) is 0 Å². The van der Waals surface area contributed by atoms with E-state index in [1.54, 1.807) is 6.26 Å². The van der Waals surface area contributed by atoms with Gasteiger partial charge in [-0.1, -0.05) is 148 Å². The summed E-state index contributed by atoms with van der Waals surface area (Å²) < 4.78 is 34.3. The number of likely N-dealkylation sites (N-methyl/N-ethyl adjacent to an activating group) is 1. The summed E-state index contributed by atoms with van der Waals surface area (Å²) >= 11 is 0. The molecule has 0 spiro atoms. The van der Waals surface area contributed by atoms with Crippen molar-refractivity contribution >= 4 is 13.8 Å². The lowest BCUT2D eigenvalue weighted by molar-refractivity contribution is -0.870. The lowest BCUT2D eigenvalue weighted by atomic mass is 10.0. The zero-order chi connectivity index (χ0) is 37.7. The molecule has 0 aromatic carbocycles. The highest BCUT2D eigenvalue weighted by molar-refractivity contribution is 7.45. The first-order valence-corrected chi connectivity index (χ1v) is 22.6. The van der Waals surface area contributed by atoms with Crippen LogP contribution in [0.25, 0.3) is 0 Å². The number of hydrogen-bond donors (Lipinski definition) is 0. The molecule has 0 rings (SSSR count). The van der Waals surface area contributed by atoms with E-state index >= 15 is 0 Å². The highest BCUT2D eigenvalue weighted by Gasteiger charge is 2.20. The molecule has 0 saturated heterocycles. The average molecular weight is 744 g/mol. The predicted octanol–water partition coefficient (Wildman–Crippen LogP) is 11.8. The first kappa shape index (κ1) is 49.8. The molecule has 0 radical (unpaired) electrons. The molecule has 0 heterocycles. The molecule has 0 bridgehead atoms. The van der Waals surface area contributed by atoms with Gasteiger partial charge in [0.1, 0.15) is 19.8 Å². The maximum atomic E-state index is 12.6. The molecule has 51 heavy (non-hydrogen) atoms. The van der Waals surface area contributed by atoms with E-state index in [4.69, 9.17) is 18.5 Å². The van der Waals surface area contributed by atoms with Crippen LogP contribution < -0.4 is 4.89 Å². The average Bonchev–Trinajstić information content (AvgIpc) is 3.08. The third-order valence-electron chi connectivity index (χ3n) is 9.07. The Bertz CT molecular complexity index is 874. The third-order valence-corrected chi connectivity index (χ3v) is 10.0. The van der Waals surface area contributed by atoms with Crippen LogP contribution in [-0.2, 0) is 27.9 Å². The summed E-state index contributed by atoms with van der Waals surface area (Å²) in [5.41, 5.74) is 0. The second-order valence-corrected chi connectivity index (χ2v) is 16.8. The topological polar surface area (TPSA) is 94.1 Å². The molecule has 0 N–H and O–H groups in total. The molecular weight excluding hydrogens is 661 g/mol. The number of ether oxygens (including phenoxy) is 2. The molecule has 1 unspecified atom stereocenters. The maximum absolute atomic E-state index is 12.6. The second kappa shape index (κ2) is 35.8. The Labute approximate surface area is 315 Å². The van der Waals surface area contributed by atoms with Gasteiger partial charge in [-0.2, -0.15) is 0 Å². The van der Waals surface area contributed by atoms with Crippen molar-refractivity contribution in [2.45, 2.75) is 193 Å². The molecule has 2 atom stereocenters. The number of esters is 1. The first-order valence-electron chi connectivity index (χ1n) is 21.1. The molecule has 0 saturated carbocycles. The van der Waals surface area contributed by atoms with Crippen molar-refractivity contribution in [3.05, 3.63) is 24.5 Å². The molecule has 0 aliphatic rings. The monoisotopic (exact) mass is 744 g/mol. The van der Waals surface area contributed by atoms with Gasteiger partial charge in [0.2, 0.25) is 0 Å². The Balaban J connectivity index is 4.32. The molecule has 0 fully saturated rings. The summed E-state index contributed by atoms with van der Waals surface area (Å²) in [6.07, 6.45) is 39.9. The summed E-state index contributed by atoms with van der Waals surface area (Å²) in [5.74, 6) is -0.364. The number of unbranched alkanes of at least 4 members (excludes halogenated alkanes) is 23. The number of carbonyl (C=O) groups is 1.